The molecular formula is C16H19NO. The number of para-hydroxylation sites is 1. The van der Waals surface area contributed by atoms with Crippen molar-refractivity contribution in [3.05, 3.63) is 60.2 Å². The van der Waals surface area contributed by atoms with E-state index in [9.17, 15) is 0 Å². The van der Waals surface area contributed by atoms with E-state index in [2.05, 4.69) is 12.1 Å². The molecule has 0 aromatic heterocycles. The van der Waals surface area contributed by atoms with Crippen LogP contribution in [0.4, 0.5) is 0 Å². The average Bonchev–Trinajstić information content (AvgIpc) is 2.38. The van der Waals surface area contributed by atoms with Gasteiger partial charge in [-0.1, -0.05) is 30.3 Å². The molecule has 0 saturated heterocycles. The van der Waals surface area contributed by atoms with Crippen LogP contribution < -0.4 is 10.5 Å². The van der Waals surface area contributed by atoms with Gasteiger partial charge in [-0.05, 0) is 49.6 Å². The molecule has 0 spiro atoms. The molecule has 94 valence electrons. The summed E-state index contributed by atoms with van der Waals surface area (Å²) < 4.78 is 5.79. The van der Waals surface area contributed by atoms with E-state index in [4.69, 9.17) is 10.5 Å². The summed E-state index contributed by atoms with van der Waals surface area (Å²) in [4.78, 5) is 0. The lowest BCUT2D eigenvalue weighted by Crippen LogP contribution is -2.15. The first-order valence-corrected chi connectivity index (χ1v) is 6.31. The normalized spacial score (nSPS) is 12.1. The quantitative estimate of drug-likeness (QED) is 0.865. The van der Waals surface area contributed by atoms with Gasteiger partial charge >= 0.3 is 0 Å². The van der Waals surface area contributed by atoms with Crippen LogP contribution >= 0.6 is 0 Å². The van der Waals surface area contributed by atoms with Gasteiger partial charge in [0.25, 0.3) is 0 Å². The number of nitrogens with two attached hydrogens (primary N) is 1. The molecule has 2 rings (SSSR count). The van der Waals surface area contributed by atoms with Crippen molar-refractivity contribution in [3.63, 3.8) is 0 Å². The second-order valence-electron chi connectivity index (χ2n) is 4.58. The van der Waals surface area contributed by atoms with E-state index in [0.717, 1.165) is 24.3 Å². The van der Waals surface area contributed by atoms with Crippen molar-refractivity contribution in [2.24, 2.45) is 5.73 Å². The molecule has 0 heterocycles. The zero-order valence-corrected chi connectivity index (χ0v) is 10.7. The van der Waals surface area contributed by atoms with E-state index in [-0.39, 0.29) is 6.04 Å². The van der Waals surface area contributed by atoms with Gasteiger partial charge in [-0.2, -0.15) is 0 Å². The smallest absolute Gasteiger partial charge is 0.127 e. The van der Waals surface area contributed by atoms with Gasteiger partial charge in [0.05, 0.1) is 0 Å². The number of benzene rings is 2. The molecule has 2 heteroatoms. The second-order valence-corrected chi connectivity index (χ2v) is 4.58. The molecule has 2 nitrogen and oxygen atoms in total. The zero-order chi connectivity index (χ0) is 12.8. The van der Waals surface area contributed by atoms with Crippen molar-refractivity contribution < 1.29 is 4.74 Å². The summed E-state index contributed by atoms with van der Waals surface area (Å²) in [6.07, 6.45) is 1.98. The van der Waals surface area contributed by atoms with Crippen LogP contribution in [0.2, 0.25) is 0 Å². The van der Waals surface area contributed by atoms with Crippen LogP contribution in [-0.4, -0.2) is 6.04 Å². The van der Waals surface area contributed by atoms with Gasteiger partial charge in [0.2, 0.25) is 0 Å². The number of rotatable bonds is 5. The van der Waals surface area contributed by atoms with Crippen molar-refractivity contribution in [2.45, 2.75) is 25.8 Å². The Hall–Kier alpha value is -1.80. The molecule has 0 aliphatic carbocycles. The lowest BCUT2D eigenvalue weighted by molar-refractivity contribution is 0.481. The number of hydrogen-bond acceptors (Lipinski definition) is 2. The van der Waals surface area contributed by atoms with Crippen molar-refractivity contribution >= 4 is 0 Å². The van der Waals surface area contributed by atoms with Crippen LogP contribution in [0.3, 0.4) is 0 Å². The van der Waals surface area contributed by atoms with Crippen LogP contribution in [0.5, 0.6) is 11.5 Å². The van der Waals surface area contributed by atoms with Crippen LogP contribution in [0.1, 0.15) is 18.9 Å². The highest BCUT2D eigenvalue weighted by molar-refractivity contribution is 5.33. The zero-order valence-electron chi connectivity index (χ0n) is 10.7. The van der Waals surface area contributed by atoms with Crippen LogP contribution in [0, 0.1) is 0 Å². The van der Waals surface area contributed by atoms with Crippen molar-refractivity contribution in [1.29, 1.82) is 0 Å². The van der Waals surface area contributed by atoms with Gasteiger partial charge in [0, 0.05) is 6.04 Å². The highest BCUT2D eigenvalue weighted by Gasteiger charge is 2.00. The highest BCUT2D eigenvalue weighted by Crippen LogP contribution is 2.22. The molecule has 1 unspecified atom stereocenters. The molecule has 2 aromatic rings. The Morgan fingerprint density at radius 3 is 2.44 bits per heavy atom. The fourth-order valence-electron chi connectivity index (χ4n) is 1.78. The molecule has 1 atom stereocenters. The third-order valence-corrected chi connectivity index (χ3v) is 2.77. The third-order valence-electron chi connectivity index (χ3n) is 2.77. The molecule has 0 fully saturated rings. The third kappa shape index (κ3) is 3.90. The summed E-state index contributed by atoms with van der Waals surface area (Å²) in [5.74, 6) is 1.74. The minimum atomic E-state index is 0.240. The van der Waals surface area contributed by atoms with Gasteiger partial charge in [0.15, 0.2) is 0 Å². The second kappa shape index (κ2) is 6.22. The number of hydrogen-bond donors (Lipinski definition) is 1. The summed E-state index contributed by atoms with van der Waals surface area (Å²) in [6.45, 7) is 2.03. The first-order chi connectivity index (χ1) is 8.74. The first kappa shape index (κ1) is 12.7. The Bertz CT molecular complexity index is 479. The van der Waals surface area contributed by atoms with Gasteiger partial charge in [0.1, 0.15) is 11.5 Å². The van der Waals surface area contributed by atoms with E-state index >= 15 is 0 Å². The molecule has 0 aliphatic heterocycles. The summed E-state index contributed by atoms with van der Waals surface area (Å²) in [5.41, 5.74) is 7.04. The largest absolute Gasteiger partial charge is 0.457 e. The fourth-order valence-corrected chi connectivity index (χ4v) is 1.78. The summed E-state index contributed by atoms with van der Waals surface area (Å²) >= 11 is 0. The average molecular weight is 241 g/mol. The predicted octanol–water partition coefficient (Wildman–Crippen LogP) is 3.76. The predicted molar refractivity (Wildman–Crippen MR) is 74.9 cm³/mol. The topological polar surface area (TPSA) is 35.2 Å². The van der Waals surface area contributed by atoms with Crippen molar-refractivity contribution in [3.8, 4) is 11.5 Å². The molecule has 0 amide bonds. The first-order valence-electron chi connectivity index (χ1n) is 6.31. The summed E-state index contributed by atoms with van der Waals surface area (Å²) in [6, 6.07) is 18.2. The van der Waals surface area contributed by atoms with Gasteiger partial charge in [-0.3, -0.25) is 0 Å². The molecule has 0 aliphatic rings. The van der Waals surface area contributed by atoms with E-state index in [1.54, 1.807) is 0 Å². The number of aryl methyl sites for hydroxylation is 1. The Balaban J connectivity index is 2.03. The van der Waals surface area contributed by atoms with E-state index < -0.39 is 0 Å². The molecular weight excluding hydrogens is 222 g/mol. The highest BCUT2D eigenvalue weighted by atomic mass is 16.5. The standard InChI is InChI=1S/C16H19NO/c1-13(17)10-11-14-6-5-9-16(12-14)18-15-7-3-2-4-8-15/h2-9,12-13H,10-11,17H2,1H3. The molecule has 2 aromatic carbocycles. The Morgan fingerprint density at radius 1 is 1.00 bits per heavy atom. The summed E-state index contributed by atoms with van der Waals surface area (Å²) in [7, 11) is 0. The van der Waals surface area contributed by atoms with Crippen LogP contribution in [0.15, 0.2) is 54.6 Å². The molecule has 18 heavy (non-hydrogen) atoms. The molecule has 0 bridgehead atoms. The Kier molecular flexibility index (Phi) is 4.37. The maximum atomic E-state index is 5.79. The lowest BCUT2D eigenvalue weighted by Gasteiger charge is -2.08. The Labute approximate surface area is 108 Å². The maximum Gasteiger partial charge on any atom is 0.127 e. The lowest BCUT2D eigenvalue weighted by atomic mass is 10.1. The molecule has 0 saturated carbocycles. The van der Waals surface area contributed by atoms with Gasteiger partial charge < -0.3 is 10.5 Å². The number of ether oxygens (including phenoxy) is 1. The van der Waals surface area contributed by atoms with E-state index in [1.807, 2.05) is 49.4 Å². The van der Waals surface area contributed by atoms with E-state index in [1.165, 1.54) is 5.56 Å². The fraction of sp³-hybridized carbons (Fsp3) is 0.250. The van der Waals surface area contributed by atoms with Crippen LogP contribution in [0.25, 0.3) is 0 Å². The van der Waals surface area contributed by atoms with E-state index in [0.29, 0.717) is 0 Å². The maximum absolute atomic E-state index is 5.79. The molecule has 2 N–H and O–H groups in total. The molecule has 0 radical (unpaired) electrons. The van der Waals surface area contributed by atoms with Gasteiger partial charge in [-0.25, -0.2) is 0 Å². The SMILES string of the molecule is CC(N)CCc1cccc(Oc2ccccc2)c1. The minimum absolute atomic E-state index is 0.240. The van der Waals surface area contributed by atoms with Crippen molar-refractivity contribution in [1.82, 2.24) is 0 Å². The monoisotopic (exact) mass is 241 g/mol. The van der Waals surface area contributed by atoms with Crippen LogP contribution in [-0.2, 0) is 6.42 Å². The van der Waals surface area contributed by atoms with Crippen molar-refractivity contribution in [2.75, 3.05) is 0 Å². The minimum Gasteiger partial charge on any atom is -0.457 e. The summed E-state index contributed by atoms with van der Waals surface area (Å²) in [5, 5.41) is 0. The Morgan fingerprint density at radius 2 is 1.72 bits per heavy atom. The van der Waals surface area contributed by atoms with Gasteiger partial charge in [-0.15, -0.1) is 0 Å².